The van der Waals surface area contributed by atoms with Crippen molar-refractivity contribution in [1.29, 1.82) is 0 Å². The number of nitrogens with two attached hydrogens (primary N) is 1. The molecule has 0 saturated heterocycles. The lowest BCUT2D eigenvalue weighted by Crippen LogP contribution is -2.38. The molecule has 1 aliphatic carbocycles. The normalized spacial score (nSPS) is 19.5. The molecule has 26 heavy (non-hydrogen) atoms. The van der Waals surface area contributed by atoms with Crippen molar-refractivity contribution in [3.63, 3.8) is 0 Å². The van der Waals surface area contributed by atoms with Crippen molar-refractivity contribution in [2.45, 2.75) is 65.3 Å². The van der Waals surface area contributed by atoms with Gasteiger partial charge in [0.15, 0.2) is 6.29 Å². The van der Waals surface area contributed by atoms with Crippen LogP contribution in [0.15, 0.2) is 41.7 Å². The number of aliphatic hydroxyl groups excluding tert-OH is 1. The SMILES string of the molecule is CC(N)N(O)OC1=C(CC(O)OCCc2ccccc2)C(C)(C)CCC1. The van der Waals surface area contributed by atoms with Gasteiger partial charge in [0.05, 0.1) is 6.61 Å². The van der Waals surface area contributed by atoms with E-state index in [-0.39, 0.29) is 5.41 Å². The molecule has 6 heteroatoms. The third-order valence-electron chi connectivity index (χ3n) is 4.83. The third kappa shape index (κ3) is 6.07. The molecule has 146 valence electrons. The van der Waals surface area contributed by atoms with Gasteiger partial charge in [-0.05, 0) is 48.0 Å². The highest BCUT2D eigenvalue weighted by Gasteiger charge is 2.33. The Balaban J connectivity index is 1.97. The molecule has 1 aromatic carbocycles. The second-order valence-corrected chi connectivity index (χ2v) is 7.54. The van der Waals surface area contributed by atoms with Crippen molar-refractivity contribution in [3.8, 4) is 0 Å². The van der Waals surface area contributed by atoms with E-state index in [9.17, 15) is 10.3 Å². The van der Waals surface area contributed by atoms with Crippen LogP contribution in [0.5, 0.6) is 0 Å². The van der Waals surface area contributed by atoms with Gasteiger partial charge < -0.3 is 20.4 Å². The average Bonchev–Trinajstić information content (AvgIpc) is 2.58. The molecule has 0 radical (unpaired) electrons. The number of hydrogen-bond acceptors (Lipinski definition) is 6. The van der Waals surface area contributed by atoms with Crippen LogP contribution in [0.3, 0.4) is 0 Å². The van der Waals surface area contributed by atoms with Gasteiger partial charge in [0.25, 0.3) is 0 Å². The molecule has 1 aromatic rings. The lowest BCUT2D eigenvalue weighted by atomic mass is 9.73. The molecule has 0 aromatic heterocycles. The van der Waals surface area contributed by atoms with Gasteiger partial charge >= 0.3 is 0 Å². The highest BCUT2D eigenvalue weighted by atomic mass is 16.9. The van der Waals surface area contributed by atoms with Gasteiger partial charge in [0.2, 0.25) is 0 Å². The van der Waals surface area contributed by atoms with Crippen LogP contribution in [-0.4, -0.2) is 34.6 Å². The van der Waals surface area contributed by atoms with Crippen molar-refractivity contribution >= 4 is 0 Å². The van der Waals surface area contributed by atoms with Crippen LogP contribution in [0.25, 0.3) is 0 Å². The van der Waals surface area contributed by atoms with E-state index < -0.39 is 12.5 Å². The molecule has 0 saturated carbocycles. The maximum absolute atomic E-state index is 10.4. The molecule has 0 bridgehead atoms. The number of aliphatic hydroxyl groups is 1. The first kappa shape index (κ1) is 20.9. The molecule has 2 atom stereocenters. The zero-order chi connectivity index (χ0) is 19.2. The Bertz CT molecular complexity index is 587. The molecule has 0 spiro atoms. The smallest absolute Gasteiger partial charge is 0.158 e. The van der Waals surface area contributed by atoms with E-state index >= 15 is 0 Å². The fourth-order valence-corrected chi connectivity index (χ4v) is 3.25. The number of allylic oxidation sites excluding steroid dienone is 1. The number of rotatable bonds is 9. The fraction of sp³-hybridized carbons (Fsp3) is 0.600. The number of benzene rings is 1. The third-order valence-corrected chi connectivity index (χ3v) is 4.83. The standard InChI is InChI=1S/C20H32N2O4/c1-15(21)22(24)26-18-10-7-12-20(2,3)17(18)14-19(23)25-13-11-16-8-5-4-6-9-16/h4-6,8-9,15,19,23-24H,7,10-14,21H2,1-3H3. The second kappa shape index (κ2) is 9.48. The minimum absolute atomic E-state index is 0.129. The molecule has 1 aliphatic rings. The Morgan fingerprint density at radius 3 is 2.62 bits per heavy atom. The van der Waals surface area contributed by atoms with Gasteiger partial charge in [-0.3, -0.25) is 5.21 Å². The number of hydrogen-bond donors (Lipinski definition) is 3. The predicted molar refractivity (Wildman–Crippen MR) is 99.7 cm³/mol. The van der Waals surface area contributed by atoms with E-state index in [0.29, 0.717) is 30.4 Å². The maximum atomic E-state index is 10.4. The summed E-state index contributed by atoms with van der Waals surface area (Å²) in [6.45, 7) is 6.32. The summed E-state index contributed by atoms with van der Waals surface area (Å²) in [7, 11) is 0. The van der Waals surface area contributed by atoms with E-state index in [1.54, 1.807) is 6.92 Å². The van der Waals surface area contributed by atoms with E-state index in [0.717, 1.165) is 24.8 Å². The van der Waals surface area contributed by atoms with E-state index in [1.165, 1.54) is 5.56 Å². The molecule has 0 heterocycles. The van der Waals surface area contributed by atoms with Crippen LogP contribution >= 0.6 is 0 Å². The van der Waals surface area contributed by atoms with Gasteiger partial charge in [-0.1, -0.05) is 44.2 Å². The summed E-state index contributed by atoms with van der Waals surface area (Å²) in [5.74, 6) is 0.673. The van der Waals surface area contributed by atoms with Gasteiger partial charge in [-0.15, -0.1) is 0 Å². The van der Waals surface area contributed by atoms with Crippen LogP contribution in [0.4, 0.5) is 0 Å². The van der Waals surface area contributed by atoms with E-state index in [2.05, 4.69) is 13.8 Å². The Hall–Kier alpha value is -1.44. The van der Waals surface area contributed by atoms with Gasteiger partial charge in [-0.25, -0.2) is 0 Å². The van der Waals surface area contributed by atoms with Crippen molar-refractivity contribution in [3.05, 3.63) is 47.2 Å². The quantitative estimate of drug-likeness (QED) is 0.460. The molecule has 0 aliphatic heterocycles. The predicted octanol–water partition coefficient (Wildman–Crippen LogP) is 3.35. The molecule has 2 unspecified atom stereocenters. The van der Waals surface area contributed by atoms with Crippen LogP contribution in [0, 0.1) is 5.41 Å². The van der Waals surface area contributed by atoms with Crippen molar-refractivity contribution in [1.82, 2.24) is 5.23 Å². The van der Waals surface area contributed by atoms with Crippen molar-refractivity contribution in [2.75, 3.05) is 6.61 Å². The minimum Gasteiger partial charge on any atom is -0.384 e. The largest absolute Gasteiger partial charge is 0.384 e. The van der Waals surface area contributed by atoms with Gasteiger partial charge in [-0.2, -0.15) is 0 Å². The zero-order valence-corrected chi connectivity index (χ0v) is 16.0. The second-order valence-electron chi connectivity index (χ2n) is 7.54. The van der Waals surface area contributed by atoms with Crippen LogP contribution in [0.2, 0.25) is 0 Å². The highest BCUT2D eigenvalue weighted by molar-refractivity contribution is 5.20. The van der Waals surface area contributed by atoms with Crippen LogP contribution in [0.1, 0.15) is 52.0 Å². The summed E-state index contributed by atoms with van der Waals surface area (Å²) in [4.78, 5) is 5.55. The Kier molecular flexibility index (Phi) is 7.61. The summed E-state index contributed by atoms with van der Waals surface area (Å²) in [6.07, 6.45) is 2.22. The fourth-order valence-electron chi connectivity index (χ4n) is 3.25. The van der Waals surface area contributed by atoms with Crippen molar-refractivity contribution < 1.29 is 19.9 Å². The number of nitrogens with zero attached hydrogens (tertiary/aromatic N) is 1. The molecule has 0 fully saturated rings. The monoisotopic (exact) mass is 364 g/mol. The van der Waals surface area contributed by atoms with E-state index in [1.807, 2.05) is 30.3 Å². The molecular formula is C20H32N2O4. The topological polar surface area (TPSA) is 88.2 Å². The molecule has 4 N–H and O–H groups in total. The summed E-state index contributed by atoms with van der Waals surface area (Å²) in [5.41, 5.74) is 7.66. The first-order valence-electron chi connectivity index (χ1n) is 9.27. The maximum Gasteiger partial charge on any atom is 0.158 e. The van der Waals surface area contributed by atoms with Crippen molar-refractivity contribution in [2.24, 2.45) is 11.1 Å². The summed E-state index contributed by atoms with van der Waals surface area (Å²) in [5, 5.41) is 20.9. The summed E-state index contributed by atoms with van der Waals surface area (Å²) in [6, 6.07) is 10.0. The lowest BCUT2D eigenvalue weighted by Gasteiger charge is -2.36. The summed E-state index contributed by atoms with van der Waals surface area (Å²) < 4.78 is 5.61. The van der Waals surface area contributed by atoms with E-state index in [4.69, 9.17) is 15.3 Å². The lowest BCUT2D eigenvalue weighted by molar-refractivity contribution is -0.340. The molecule has 2 rings (SSSR count). The molecular weight excluding hydrogens is 332 g/mol. The summed E-state index contributed by atoms with van der Waals surface area (Å²) >= 11 is 0. The molecule has 0 amide bonds. The Morgan fingerprint density at radius 2 is 1.96 bits per heavy atom. The Morgan fingerprint density at radius 1 is 1.27 bits per heavy atom. The minimum atomic E-state index is -0.910. The molecule has 6 nitrogen and oxygen atoms in total. The first-order chi connectivity index (χ1) is 12.3. The number of hydroxylamine groups is 2. The Labute approximate surface area is 156 Å². The van der Waals surface area contributed by atoms with Crippen LogP contribution in [-0.2, 0) is 16.0 Å². The van der Waals surface area contributed by atoms with Gasteiger partial charge in [0.1, 0.15) is 11.9 Å². The number of ether oxygens (including phenoxy) is 1. The van der Waals surface area contributed by atoms with Crippen LogP contribution < -0.4 is 5.73 Å². The first-order valence-corrected chi connectivity index (χ1v) is 9.27. The highest BCUT2D eigenvalue weighted by Crippen LogP contribution is 2.43. The van der Waals surface area contributed by atoms with Gasteiger partial charge in [0, 0.05) is 12.8 Å². The average molecular weight is 364 g/mol. The zero-order valence-electron chi connectivity index (χ0n) is 16.0.